The number of nitrogens with one attached hydrogen (secondary N) is 1. The predicted octanol–water partition coefficient (Wildman–Crippen LogP) is 1.65. The molecule has 0 aliphatic carbocycles. The summed E-state index contributed by atoms with van der Waals surface area (Å²) in [6.07, 6.45) is -0.402. The van der Waals surface area contributed by atoms with Crippen molar-refractivity contribution < 1.29 is 14.9 Å². The van der Waals surface area contributed by atoms with E-state index in [-0.39, 0.29) is 0 Å². The number of aliphatic hydroxyl groups is 2. The van der Waals surface area contributed by atoms with E-state index in [0.29, 0.717) is 22.0 Å². The number of methoxy groups -OCH3 is 1. The quantitative estimate of drug-likeness (QED) is 0.689. The maximum atomic E-state index is 9.86. The van der Waals surface area contributed by atoms with Gasteiger partial charge < -0.3 is 20.3 Å². The number of aliphatic hydroxyl groups excluding tert-OH is 2. The average Bonchev–Trinajstić information content (AvgIpc) is 2.29. The van der Waals surface area contributed by atoms with Gasteiger partial charge in [0.05, 0.1) is 16.4 Å². The van der Waals surface area contributed by atoms with Crippen molar-refractivity contribution in [2.75, 3.05) is 12.4 Å². The number of halogens is 1. The minimum atomic E-state index is -1.10. The molecule has 2 rings (SSSR count). The van der Waals surface area contributed by atoms with Gasteiger partial charge in [0, 0.05) is 12.7 Å². The van der Waals surface area contributed by atoms with E-state index in [1.54, 1.807) is 18.2 Å². The number of hydrogen-bond donors (Lipinski definition) is 3. The van der Waals surface area contributed by atoms with Gasteiger partial charge in [-0.25, -0.2) is 0 Å². The normalized spacial score (nSPS) is 20.8. The summed E-state index contributed by atoms with van der Waals surface area (Å²) in [6, 6.07) is 5.24. The van der Waals surface area contributed by atoms with E-state index in [2.05, 4.69) is 5.32 Å². The van der Waals surface area contributed by atoms with Crippen molar-refractivity contribution in [3.8, 4) is 0 Å². The van der Waals surface area contributed by atoms with Gasteiger partial charge in [0.2, 0.25) is 0 Å². The summed E-state index contributed by atoms with van der Waals surface area (Å²) >= 11 is 6.00. The van der Waals surface area contributed by atoms with Crippen LogP contribution >= 0.6 is 11.6 Å². The highest BCUT2D eigenvalue weighted by molar-refractivity contribution is 6.33. The molecule has 4 nitrogen and oxygen atoms in total. The Morgan fingerprint density at radius 2 is 2.25 bits per heavy atom. The Morgan fingerprint density at radius 3 is 2.94 bits per heavy atom. The lowest BCUT2D eigenvalue weighted by molar-refractivity contribution is -0.0447. The van der Waals surface area contributed by atoms with Crippen molar-refractivity contribution in [3.63, 3.8) is 0 Å². The fourth-order valence-corrected chi connectivity index (χ4v) is 1.87. The molecule has 1 aromatic rings. The Bertz CT molecular complexity index is 433. The second kappa shape index (κ2) is 4.43. The third-order valence-electron chi connectivity index (χ3n) is 2.46. The van der Waals surface area contributed by atoms with Crippen LogP contribution in [-0.2, 0) is 4.74 Å². The third kappa shape index (κ3) is 1.92. The summed E-state index contributed by atoms with van der Waals surface area (Å²) in [5.74, 6) is 0. The zero-order valence-electron chi connectivity index (χ0n) is 8.64. The molecule has 2 unspecified atom stereocenters. The molecule has 0 amide bonds. The number of anilines is 1. The van der Waals surface area contributed by atoms with Gasteiger partial charge in [-0.3, -0.25) is 0 Å². The van der Waals surface area contributed by atoms with Crippen LogP contribution in [0.3, 0.4) is 0 Å². The molecule has 5 heteroatoms. The van der Waals surface area contributed by atoms with Gasteiger partial charge >= 0.3 is 0 Å². The molecule has 16 heavy (non-hydrogen) atoms. The highest BCUT2D eigenvalue weighted by Gasteiger charge is 2.23. The van der Waals surface area contributed by atoms with E-state index in [4.69, 9.17) is 16.3 Å². The molecule has 2 atom stereocenters. The van der Waals surface area contributed by atoms with Crippen LogP contribution in [0.1, 0.15) is 11.7 Å². The Balaban J connectivity index is 2.39. The van der Waals surface area contributed by atoms with Gasteiger partial charge in [-0.15, -0.1) is 0 Å². The highest BCUT2D eigenvalue weighted by Crippen LogP contribution is 2.36. The van der Waals surface area contributed by atoms with Crippen LogP contribution in [0.4, 0.5) is 5.69 Å². The summed E-state index contributed by atoms with van der Waals surface area (Å²) in [5.41, 5.74) is 1.67. The van der Waals surface area contributed by atoms with Crippen LogP contribution in [0.2, 0.25) is 5.02 Å². The predicted molar refractivity (Wildman–Crippen MR) is 61.1 cm³/mol. The highest BCUT2D eigenvalue weighted by atomic mass is 35.5. The van der Waals surface area contributed by atoms with Crippen molar-refractivity contribution in [3.05, 3.63) is 40.6 Å². The molecule has 1 aromatic carbocycles. The number of rotatable bonds is 2. The first-order valence-electron chi connectivity index (χ1n) is 4.79. The molecule has 0 aromatic heterocycles. The number of ether oxygens (including phenoxy) is 1. The molecule has 0 fully saturated rings. The molecule has 0 spiro atoms. The molecule has 1 aliphatic heterocycles. The lowest BCUT2D eigenvalue weighted by atomic mass is 10.0. The molecular weight excluding hydrogens is 230 g/mol. The fourth-order valence-electron chi connectivity index (χ4n) is 1.64. The molecule has 0 bridgehead atoms. The fraction of sp³-hybridized carbons (Fsp3) is 0.273. The first-order chi connectivity index (χ1) is 7.63. The summed E-state index contributed by atoms with van der Waals surface area (Å²) in [4.78, 5) is 0. The number of fused-ring (bicyclic) bond motifs is 1. The Kier molecular flexibility index (Phi) is 3.16. The third-order valence-corrected chi connectivity index (χ3v) is 2.78. The van der Waals surface area contributed by atoms with Crippen LogP contribution in [0.15, 0.2) is 30.0 Å². The molecule has 0 saturated carbocycles. The zero-order chi connectivity index (χ0) is 11.7. The van der Waals surface area contributed by atoms with Crippen LogP contribution in [0, 0.1) is 0 Å². The topological polar surface area (TPSA) is 61.7 Å². The standard InChI is InChI=1S/C11H12ClNO3/c1-16-11(15)8-5-9(14)6-3-2-4-7(12)10(6)13-8/h2-5,9,11,13-15H,1H3. The van der Waals surface area contributed by atoms with E-state index in [0.717, 1.165) is 0 Å². The molecular formula is C11H12ClNO3. The van der Waals surface area contributed by atoms with E-state index in [1.807, 2.05) is 0 Å². The first-order valence-corrected chi connectivity index (χ1v) is 5.17. The Labute approximate surface area is 98.1 Å². The van der Waals surface area contributed by atoms with Gasteiger partial charge in [-0.2, -0.15) is 0 Å². The van der Waals surface area contributed by atoms with Crippen molar-refractivity contribution in [1.29, 1.82) is 0 Å². The van der Waals surface area contributed by atoms with Crippen LogP contribution in [-0.4, -0.2) is 23.6 Å². The van der Waals surface area contributed by atoms with Gasteiger partial charge in [-0.05, 0) is 12.1 Å². The summed E-state index contributed by atoms with van der Waals surface area (Å²) < 4.78 is 4.76. The lowest BCUT2D eigenvalue weighted by Gasteiger charge is -2.25. The Hall–Kier alpha value is -1.07. The molecule has 1 heterocycles. The second-order valence-corrected chi connectivity index (χ2v) is 3.89. The molecule has 1 aliphatic rings. The first kappa shape index (κ1) is 11.4. The summed E-state index contributed by atoms with van der Waals surface area (Å²) in [5, 5.41) is 22.8. The molecule has 0 radical (unpaired) electrons. The van der Waals surface area contributed by atoms with Crippen LogP contribution in [0.25, 0.3) is 0 Å². The van der Waals surface area contributed by atoms with E-state index < -0.39 is 12.4 Å². The maximum Gasteiger partial charge on any atom is 0.195 e. The van der Waals surface area contributed by atoms with Crippen LogP contribution < -0.4 is 5.32 Å². The number of benzene rings is 1. The number of hydrogen-bond acceptors (Lipinski definition) is 4. The minimum Gasteiger partial charge on any atom is -0.384 e. The SMILES string of the molecule is COC(O)C1=CC(O)c2cccc(Cl)c2N1. The average molecular weight is 242 g/mol. The largest absolute Gasteiger partial charge is 0.384 e. The van der Waals surface area contributed by atoms with Gasteiger partial charge in [0.25, 0.3) is 0 Å². The summed E-state index contributed by atoms with van der Waals surface area (Å²) in [7, 11) is 1.38. The second-order valence-electron chi connectivity index (χ2n) is 3.48. The smallest absolute Gasteiger partial charge is 0.195 e. The minimum absolute atomic E-state index is 0.385. The van der Waals surface area contributed by atoms with Gasteiger partial charge in [0.1, 0.15) is 6.10 Å². The van der Waals surface area contributed by atoms with Crippen molar-refractivity contribution in [1.82, 2.24) is 0 Å². The van der Waals surface area contributed by atoms with Crippen molar-refractivity contribution in [2.24, 2.45) is 0 Å². The van der Waals surface area contributed by atoms with E-state index in [1.165, 1.54) is 13.2 Å². The maximum absolute atomic E-state index is 9.86. The Morgan fingerprint density at radius 1 is 1.50 bits per heavy atom. The zero-order valence-corrected chi connectivity index (χ0v) is 9.40. The van der Waals surface area contributed by atoms with Gasteiger partial charge in [-0.1, -0.05) is 23.7 Å². The summed E-state index contributed by atoms with van der Waals surface area (Å²) in [6.45, 7) is 0. The van der Waals surface area contributed by atoms with E-state index >= 15 is 0 Å². The molecule has 86 valence electrons. The van der Waals surface area contributed by atoms with Crippen LogP contribution in [0.5, 0.6) is 0 Å². The monoisotopic (exact) mass is 241 g/mol. The lowest BCUT2D eigenvalue weighted by Crippen LogP contribution is -2.23. The number of para-hydroxylation sites is 1. The van der Waals surface area contributed by atoms with Crippen molar-refractivity contribution >= 4 is 17.3 Å². The molecule has 3 N–H and O–H groups in total. The van der Waals surface area contributed by atoms with Gasteiger partial charge in [0.15, 0.2) is 6.29 Å². The van der Waals surface area contributed by atoms with E-state index in [9.17, 15) is 10.2 Å². The van der Waals surface area contributed by atoms with Crippen molar-refractivity contribution in [2.45, 2.75) is 12.4 Å². The molecule has 0 saturated heterocycles.